The van der Waals surface area contributed by atoms with E-state index in [1.165, 1.54) is 19.4 Å². The minimum atomic E-state index is 0.0754. The number of rotatable bonds is 5. The van der Waals surface area contributed by atoms with Gasteiger partial charge in [0.2, 0.25) is 5.89 Å². The number of nitrogens with zero attached hydrogens (tertiary/aromatic N) is 3. The Hall–Kier alpha value is -0.940. The Morgan fingerprint density at radius 3 is 3.18 bits per heavy atom. The molecule has 0 saturated carbocycles. The fourth-order valence-corrected chi connectivity index (χ4v) is 2.43. The van der Waals surface area contributed by atoms with Gasteiger partial charge in [-0.1, -0.05) is 12.1 Å². The first-order valence-corrected chi connectivity index (χ1v) is 6.46. The van der Waals surface area contributed by atoms with Gasteiger partial charge in [-0.05, 0) is 31.8 Å². The van der Waals surface area contributed by atoms with Gasteiger partial charge in [-0.3, -0.25) is 0 Å². The van der Waals surface area contributed by atoms with Crippen LogP contribution in [0.3, 0.4) is 0 Å². The summed E-state index contributed by atoms with van der Waals surface area (Å²) in [7, 11) is 0. The third kappa shape index (κ3) is 3.51. The molecule has 17 heavy (non-hydrogen) atoms. The molecule has 1 aliphatic rings. The summed E-state index contributed by atoms with van der Waals surface area (Å²) in [6.07, 6.45) is 3.86. The van der Waals surface area contributed by atoms with Crippen LogP contribution in [0, 0.1) is 5.92 Å². The first-order valence-electron chi connectivity index (χ1n) is 6.46. The van der Waals surface area contributed by atoms with E-state index < -0.39 is 0 Å². The lowest BCUT2D eigenvalue weighted by Crippen LogP contribution is -2.35. The van der Waals surface area contributed by atoms with E-state index in [2.05, 4.69) is 22.0 Å². The molecule has 1 aromatic heterocycles. The Balaban J connectivity index is 1.86. The van der Waals surface area contributed by atoms with Crippen molar-refractivity contribution in [2.45, 2.75) is 32.6 Å². The van der Waals surface area contributed by atoms with Crippen LogP contribution in [-0.4, -0.2) is 46.4 Å². The SMILES string of the molecule is CCN1CCCC(Cc2nc(CCO)no2)C1. The second-order valence-corrected chi connectivity index (χ2v) is 4.68. The van der Waals surface area contributed by atoms with E-state index in [0.717, 1.165) is 25.4 Å². The van der Waals surface area contributed by atoms with Gasteiger partial charge >= 0.3 is 0 Å². The molecule has 1 unspecified atom stereocenters. The number of piperidine rings is 1. The number of hydrogen-bond donors (Lipinski definition) is 1. The van der Waals surface area contributed by atoms with Crippen molar-refractivity contribution in [3.8, 4) is 0 Å². The molecular formula is C12H21N3O2. The van der Waals surface area contributed by atoms with Gasteiger partial charge in [-0.15, -0.1) is 0 Å². The van der Waals surface area contributed by atoms with Crippen molar-refractivity contribution in [2.75, 3.05) is 26.2 Å². The zero-order valence-electron chi connectivity index (χ0n) is 10.4. The summed E-state index contributed by atoms with van der Waals surface area (Å²) in [5.41, 5.74) is 0. The van der Waals surface area contributed by atoms with Crippen molar-refractivity contribution < 1.29 is 9.63 Å². The molecule has 1 saturated heterocycles. The Morgan fingerprint density at radius 1 is 1.53 bits per heavy atom. The molecule has 2 rings (SSSR count). The average molecular weight is 239 g/mol. The van der Waals surface area contributed by atoms with E-state index >= 15 is 0 Å². The van der Waals surface area contributed by atoms with Crippen LogP contribution in [0.2, 0.25) is 0 Å². The maximum atomic E-state index is 8.79. The standard InChI is InChI=1S/C12H21N3O2/c1-2-15-6-3-4-10(9-15)8-12-13-11(5-7-16)14-17-12/h10,16H,2-9H2,1H3. The first-order chi connectivity index (χ1) is 8.31. The molecule has 1 fully saturated rings. The molecule has 0 amide bonds. The average Bonchev–Trinajstić information content (AvgIpc) is 2.77. The lowest BCUT2D eigenvalue weighted by atomic mass is 9.95. The Kier molecular flexibility index (Phi) is 4.50. The quantitative estimate of drug-likeness (QED) is 0.826. The largest absolute Gasteiger partial charge is 0.396 e. The van der Waals surface area contributed by atoms with Crippen molar-refractivity contribution in [3.63, 3.8) is 0 Å². The molecule has 96 valence electrons. The van der Waals surface area contributed by atoms with Crippen LogP contribution in [-0.2, 0) is 12.8 Å². The fourth-order valence-electron chi connectivity index (χ4n) is 2.43. The number of hydrogen-bond acceptors (Lipinski definition) is 5. The number of likely N-dealkylation sites (tertiary alicyclic amines) is 1. The third-order valence-electron chi connectivity index (χ3n) is 3.36. The van der Waals surface area contributed by atoms with Gasteiger partial charge in [0.05, 0.1) is 6.61 Å². The summed E-state index contributed by atoms with van der Waals surface area (Å²) < 4.78 is 5.20. The summed E-state index contributed by atoms with van der Waals surface area (Å²) in [5, 5.41) is 12.6. The number of aliphatic hydroxyl groups excluding tert-OH is 1. The van der Waals surface area contributed by atoms with Crippen LogP contribution in [0.1, 0.15) is 31.5 Å². The van der Waals surface area contributed by atoms with Gasteiger partial charge in [0, 0.05) is 19.4 Å². The van der Waals surface area contributed by atoms with Gasteiger partial charge in [0.1, 0.15) is 0 Å². The maximum Gasteiger partial charge on any atom is 0.226 e. The topological polar surface area (TPSA) is 62.4 Å². The van der Waals surface area contributed by atoms with E-state index in [9.17, 15) is 0 Å². The molecule has 0 aromatic carbocycles. The van der Waals surface area contributed by atoms with Gasteiger partial charge in [-0.2, -0.15) is 4.98 Å². The first kappa shape index (κ1) is 12.5. The summed E-state index contributed by atoms with van der Waals surface area (Å²) in [6.45, 7) is 5.75. The van der Waals surface area contributed by atoms with E-state index in [1.54, 1.807) is 0 Å². The third-order valence-corrected chi connectivity index (χ3v) is 3.36. The summed E-state index contributed by atoms with van der Waals surface area (Å²) >= 11 is 0. The maximum absolute atomic E-state index is 8.79. The van der Waals surface area contributed by atoms with Crippen molar-refractivity contribution in [1.82, 2.24) is 15.0 Å². The summed E-state index contributed by atoms with van der Waals surface area (Å²) in [5.74, 6) is 1.97. The van der Waals surface area contributed by atoms with E-state index in [4.69, 9.17) is 9.63 Å². The van der Waals surface area contributed by atoms with Crippen molar-refractivity contribution in [2.24, 2.45) is 5.92 Å². The molecule has 1 aliphatic heterocycles. The number of aromatic nitrogens is 2. The van der Waals surface area contributed by atoms with Crippen LogP contribution < -0.4 is 0 Å². The van der Waals surface area contributed by atoms with E-state index in [-0.39, 0.29) is 6.61 Å². The van der Waals surface area contributed by atoms with Crippen molar-refractivity contribution >= 4 is 0 Å². The zero-order valence-corrected chi connectivity index (χ0v) is 10.4. The van der Waals surface area contributed by atoms with Gasteiger partial charge in [-0.25, -0.2) is 0 Å². The van der Waals surface area contributed by atoms with Gasteiger partial charge in [0.25, 0.3) is 0 Å². The highest BCUT2D eigenvalue weighted by Crippen LogP contribution is 2.19. The van der Waals surface area contributed by atoms with Crippen molar-refractivity contribution in [3.05, 3.63) is 11.7 Å². The molecule has 1 atom stereocenters. The fraction of sp³-hybridized carbons (Fsp3) is 0.833. The lowest BCUT2D eigenvalue weighted by molar-refractivity contribution is 0.174. The van der Waals surface area contributed by atoms with Crippen LogP contribution in [0.4, 0.5) is 0 Å². The van der Waals surface area contributed by atoms with Crippen molar-refractivity contribution in [1.29, 1.82) is 0 Å². The molecule has 0 spiro atoms. The molecule has 1 aromatic rings. The van der Waals surface area contributed by atoms with Crippen LogP contribution >= 0.6 is 0 Å². The lowest BCUT2D eigenvalue weighted by Gasteiger charge is -2.30. The minimum absolute atomic E-state index is 0.0754. The molecular weight excluding hydrogens is 218 g/mol. The normalized spacial score (nSPS) is 21.9. The van der Waals surface area contributed by atoms with Gasteiger partial charge < -0.3 is 14.5 Å². The molecule has 5 nitrogen and oxygen atoms in total. The highest BCUT2D eigenvalue weighted by atomic mass is 16.5. The highest BCUT2D eigenvalue weighted by molar-refractivity contribution is 4.89. The zero-order chi connectivity index (χ0) is 12.1. The predicted molar refractivity (Wildman–Crippen MR) is 63.6 cm³/mol. The Labute approximate surface area is 102 Å². The molecule has 0 bridgehead atoms. The Morgan fingerprint density at radius 2 is 2.41 bits per heavy atom. The smallest absolute Gasteiger partial charge is 0.226 e. The van der Waals surface area contributed by atoms with Crippen LogP contribution in [0.25, 0.3) is 0 Å². The van der Waals surface area contributed by atoms with Crippen LogP contribution in [0.5, 0.6) is 0 Å². The predicted octanol–water partition coefficient (Wildman–Crippen LogP) is 0.879. The monoisotopic (exact) mass is 239 g/mol. The molecule has 0 aliphatic carbocycles. The van der Waals surface area contributed by atoms with Gasteiger partial charge in [0.15, 0.2) is 5.82 Å². The number of aliphatic hydroxyl groups is 1. The molecule has 5 heteroatoms. The molecule has 1 N–H and O–H groups in total. The second-order valence-electron chi connectivity index (χ2n) is 4.68. The Bertz CT molecular complexity index is 340. The summed E-state index contributed by atoms with van der Waals surface area (Å²) in [6, 6.07) is 0. The molecule has 2 heterocycles. The highest BCUT2D eigenvalue weighted by Gasteiger charge is 2.21. The van der Waals surface area contributed by atoms with E-state index in [0.29, 0.717) is 18.2 Å². The summed E-state index contributed by atoms with van der Waals surface area (Å²) in [4.78, 5) is 6.76. The second kappa shape index (κ2) is 6.12. The van der Waals surface area contributed by atoms with E-state index in [1.807, 2.05) is 0 Å². The van der Waals surface area contributed by atoms with Crippen LogP contribution in [0.15, 0.2) is 4.52 Å². The minimum Gasteiger partial charge on any atom is -0.396 e. The molecule has 0 radical (unpaired) electrons.